The van der Waals surface area contributed by atoms with Gasteiger partial charge in [-0.05, 0) is 25.0 Å². The number of primary sulfonamides is 1. The molecule has 1 aliphatic rings. The summed E-state index contributed by atoms with van der Waals surface area (Å²) in [6.45, 7) is 4.14. The summed E-state index contributed by atoms with van der Waals surface area (Å²) < 4.78 is 22.3. The molecule has 2 rings (SSSR count). The lowest BCUT2D eigenvalue weighted by Gasteiger charge is -2.25. The molecule has 2 heterocycles. The smallest absolute Gasteiger partial charge is 0.256 e. The molecule has 0 radical (unpaired) electrons. The number of carbonyl (C=O) groups is 2. The Bertz CT molecular complexity index is 683. The number of nitrogens with zero attached hydrogens (tertiary/aromatic N) is 2. The Hall–Kier alpha value is -1.80. The number of likely N-dealkylation sites (tertiary alicyclic amines) is 1. The first-order chi connectivity index (χ1) is 10.2. The number of hydrogen-bond donors (Lipinski definition) is 1. The lowest BCUT2D eigenvalue weighted by Crippen LogP contribution is -2.42. The number of amides is 1. The van der Waals surface area contributed by atoms with Crippen LogP contribution in [-0.4, -0.2) is 42.6 Å². The number of Topliss-reactive ketones (excluding diaryl/α,β-unsaturated/α-hetero) is 1. The number of pyridine rings is 1. The normalized spacial score (nSPS) is 18.7. The molecule has 1 atom stereocenters. The van der Waals surface area contributed by atoms with Gasteiger partial charge in [0, 0.05) is 18.7 Å². The second kappa shape index (κ2) is 6.13. The van der Waals surface area contributed by atoms with Crippen LogP contribution in [0.1, 0.15) is 37.0 Å². The monoisotopic (exact) mass is 325 g/mol. The molecule has 1 aliphatic heterocycles. The third kappa shape index (κ3) is 3.33. The van der Waals surface area contributed by atoms with Gasteiger partial charge in [0.25, 0.3) is 15.9 Å². The Morgan fingerprint density at radius 2 is 2.05 bits per heavy atom. The summed E-state index contributed by atoms with van der Waals surface area (Å²) in [5, 5.41) is 4.68. The zero-order valence-corrected chi connectivity index (χ0v) is 13.3. The maximum absolute atomic E-state index is 12.5. The Kier molecular flexibility index (Phi) is 4.62. The molecule has 0 saturated carbocycles. The van der Waals surface area contributed by atoms with Crippen molar-refractivity contribution in [3.8, 4) is 0 Å². The zero-order valence-electron chi connectivity index (χ0n) is 12.5. The van der Waals surface area contributed by atoms with Crippen molar-refractivity contribution in [1.82, 2.24) is 9.88 Å². The molecule has 8 heteroatoms. The van der Waals surface area contributed by atoms with Crippen LogP contribution in [0.5, 0.6) is 0 Å². The number of nitrogens with two attached hydrogens (primary N) is 1. The Morgan fingerprint density at radius 1 is 1.36 bits per heavy atom. The maximum Gasteiger partial charge on any atom is 0.256 e. The van der Waals surface area contributed by atoms with Crippen LogP contribution >= 0.6 is 0 Å². The van der Waals surface area contributed by atoms with E-state index >= 15 is 0 Å². The Balaban J connectivity index is 2.22. The molecule has 0 unspecified atom stereocenters. The van der Waals surface area contributed by atoms with E-state index in [-0.39, 0.29) is 28.2 Å². The third-order valence-corrected chi connectivity index (χ3v) is 4.51. The highest BCUT2D eigenvalue weighted by atomic mass is 32.2. The number of rotatable bonds is 4. The van der Waals surface area contributed by atoms with Crippen molar-refractivity contribution in [1.29, 1.82) is 0 Å². The molecule has 7 nitrogen and oxygen atoms in total. The van der Waals surface area contributed by atoms with Gasteiger partial charge < -0.3 is 4.90 Å². The van der Waals surface area contributed by atoms with E-state index < -0.39 is 16.1 Å². The van der Waals surface area contributed by atoms with Crippen LogP contribution in [0.2, 0.25) is 0 Å². The average molecular weight is 325 g/mol. The highest BCUT2D eigenvalue weighted by Gasteiger charge is 2.35. The lowest BCUT2D eigenvalue weighted by atomic mass is 9.99. The first-order valence-corrected chi connectivity index (χ1v) is 8.60. The van der Waals surface area contributed by atoms with Crippen molar-refractivity contribution in [3.05, 3.63) is 23.9 Å². The predicted octanol–water partition coefficient (Wildman–Crippen LogP) is 0.559. The van der Waals surface area contributed by atoms with Gasteiger partial charge in [-0.2, -0.15) is 0 Å². The molecule has 2 N–H and O–H groups in total. The predicted molar refractivity (Wildman–Crippen MR) is 79.5 cm³/mol. The summed E-state index contributed by atoms with van der Waals surface area (Å²) >= 11 is 0. The van der Waals surface area contributed by atoms with Gasteiger partial charge in [0.2, 0.25) is 0 Å². The molecule has 1 aromatic heterocycles. The van der Waals surface area contributed by atoms with Gasteiger partial charge in [-0.15, -0.1) is 0 Å². The molecule has 120 valence electrons. The topological polar surface area (TPSA) is 110 Å². The number of aromatic nitrogens is 1. The molecule has 1 fully saturated rings. The van der Waals surface area contributed by atoms with Gasteiger partial charge in [-0.3, -0.25) is 9.59 Å². The fraction of sp³-hybridized carbons (Fsp3) is 0.500. The summed E-state index contributed by atoms with van der Waals surface area (Å²) in [4.78, 5) is 29.9. The lowest BCUT2D eigenvalue weighted by molar-refractivity contribution is -0.125. The van der Waals surface area contributed by atoms with Gasteiger partial charge in [0.1, 0.15) is 0 Å². The van der Waals surface area contributed by atoms with Crippen LogP contribution in [0.4, 0.5) is 0 Å². The number of hydrogen-bond acceptors (Lipinski definition) is 5. The molecule has 1 amide bonds. The minimum Gasteiger partial charge on any atom is -0.329 e. The van der Waals surface area contributed by atoms with Crippen LogP contribution in [0.25, 0.3) is 0 Å². The molecule has 22 heavy (non-hydrogen) atoms. The van der Waals surface area contributed by atoms with Crippen molar-refractivity contribution in [3.63, 3.8) is 0 Å². The SMILES string of the molecule is CC(C)C(=O)[C@H]1CCCN1C(=O)c1ccc(S(N)(=O)=O)nc1. The number of sulfonamides is 1. The van der Waals surface area contributed by atoms with Crippen LogP contribution in [-0.2, 0) is 14.8 Å². The fourth-order valence-corrected chi connectivity index (χ4v) is 2.99. The first-order valence-electron chi connectivity index (χ1n) is 7.05. The van der Waals surface area contributed by atoms with Crippen molar-refractivity contribution in [2.75, 3.05) is 6.54 Å². The summed E-state index contributed by atoms with van der Waals surface area (Å²) in [5.41, 5.74) is 0.246. The summed E-state index contributed by atoms with van der Waals surface area (Å²) in [6, 6.07) is 2.15. The van der Waals surface area contributed by atoms with Crippen molar-refractivity contribution < 1.29 is 18.0 Å². The van der Waals surface area contributed by atoms with E-state index in [2.05, 4.69) is 4.98 Å². The van der Waals surface area contributed by atoms with E-state index in [0.717, 1.165) is 6.42 Å². The van der Waals surface area contributed by atoms with Crippen molar-refractivity contribution in [2.45, 2.75) is 37.8 Å². The van der Waals surface area contributed by atoms with Crippen LogP contribution in [0.3, 0.4) is 0 Å². The second-order valence-electron chi connectivity index (χ2n) is 5.64. The minimum absolute atomic E-state index is 0.0416. The molecule has 0 spiro atoms. The van der Waals surface area contributed by atoms with E-state index in [1.807, 2.05) is 13.8 Å². The van der Waals surface area contributed by atoms with Crippen LogP contribution in [0, 0.1) is 5.92 Å². The molecule has 1 aromatic rings. The van der Waals surface area contributed by atoms with E-state index in [1.165, 1.54) is 23.2 Å². The molecule has 0 aromatic carbocycles. The summed E-state index contributed by atoms with van der Waals surface area (Å²) in [5.74, 6) is -0.411. The van der Waals surface area contributed by atoms with Crippen LogP contribution < -0.4 is 5.14 Å². The van der Waals surface area contributed by atoms with Crippen molar-refractivity contribution in [2.24, 2.45) is 11.1 Å². The Morgan fingerprint density at radius 3 is 2.55 bits per heavy atom. The highest BCUT2D eigenvalue weighted by Crippen LogP contribution is 2.23. The molecule has 1 saturated heterocycles. The molecular formula is C14H19N3O4S. The van der Waals surface area contributed by atoms with E-state index in [9.17, 15) is 18.0 Å². The van der Waals surface area contributed by atoms with E-state index in [0.29, 0.717) is 13.0 Å². The largest absolute Gasteiger partial charge is 0.329 e. The molecule has 0 aliphatic carbocycles. The van der Waals surface area contributed by atoms with Gasteiger partial charge in [0.05, 0.1) is 11.6 Å². The van der Waals surface area contributed by atoms with Crippen LogP contribution in [0.15, 0.2) is 23.4 Å². The highest BCUT2D eigenvalue weighted by molar-refractivity contribution is 7.89. The van der Waals surface area contributed by atoms with E-state index in [4.69, 9.17) is 5.14 Å². The third-order valence-electron chi connectivity index (χ3n) is 3.69. The minimum atomic E-state index is -3.89. The maximum atomic E-state index is 12.5. The van der Waals surface area contributed by atoms with E-state index in [1.54, 1.807) is 0 Å². The molecular weight excluding hydrogens is 306 g/mol. The van der Waals surface area contributed by atoms with Gasteiger partial charge in [-0.25, -0.2) is 18.5 Å². The van der Waals surface area contributed by atoms with Gasteiger partial charge in [-0.1, -0.05) is 13.8 Å². The quantitative estimate of drug-likeness (QED) is 0.869. The fourth-order valence-electron chi connectivity index (χ4n) is 2.53. The van der Waals surface area contributed by atoms with Gasteiger partial charge >= 0.3 is 0 Å². The molecule has 0 bridgehead atoms. The number of ketones is 1. The summed E-state index contributed by atoms with van der Waals surface area (Å²) in [7, 11) is -3.89. The first kappa shape index (κ1) is 16.6. The standard InChI is InChI=1S/C14H19N3O4S/c1-9(2)13(18)11-4-3-7-17(11)14(19)10-5-6-12(16-8-10)22(15,20)21/h5-6,8-9,11H,3-4,7H2,1-2H3,(H2,15,20,21)/t11-/m1/s1. The second-order valence-corrected chi connectivity index (χ2v) is 7.15. The Labute approximate surface area is 129 Å². The average Bonchev–Trinajstić information content (AvgIpc) is 2.94. The summed E-state index contributed by atoms with van der Waals surface area (Å²) in [6.07, 6.45) is 2.61. The number of carbonyl (C=O) groups excluding carboxylic acids is 2. The van der Waals surface area contributed by atoms with Crippen molar-refractivity contribution >= 4 is 21.7 Å². The van der Waals surface area contributed by atoms with Gasteiger partial charge in [0.15, 0.2) is 10.8 Å². The zero-order chi connectivity index (χ0) is 16.5.